The Labute approximate surface area is 163 Å². The smallest absolute Gasteiger partial charge is 0.280 e. The van der Waals surface area contributed by atoms with Crippen LogP contribution >= 0.6 is 0 Å². The first-order valence-electron chi connectivity index (χ1n) is 8.87. The molecule has 0 aliphatic rings. The van der Waals surface area contributed by atoms with Crippen molar-refractivity contribution >= 4 is 12.1 Å². The quantitative estimate of drug-likeness (QED) is 0.482. The van der Waals surface area contributed by atoms with Crippen LogP contribution in [0.3, 0.4) is 0 Å². The van der Waals surface area contributed by atoms with Crippen LogP contribution in [-0.4, -0.2) is 23.2 Å². The number of carbonyl (C=O) groups excluding carboxylic acids is 1. The van der Waals surface area contributed by atoms with E-state index >= 15 is 0 Å². The molecule has 1 aromatic heterocycles. The Balaban J connectivity index is 1.46. The van der Waals surface area contributed by atoms with E-state index in [0.717, 1.165) is 16.9 Å². The van der Waals surface area contributed by atoms with Crippen LogP contribution in [0.25, 0.3) is 0 Å². The Hall–Kier alpha value is -3.67. The monoisotopic (exact) mass is 375 g/mol. The van der Waals surface area contributed by atoms with Gasteiger partial charge in [0.1, 0.15) is 18.1 Å². The summed E-state index contributed by atoms with van der Waals surface area (Å²) in [7, 11) is 0. The molecule has 0 aliphatic carbocycles. The Morgan fingerprint density at radius 1 is 1.07 bits per heavy atom. The molecule has 6 nitrogen and oxygen atoms in total. The number of hydrazone groups is 1. The Morgan fingerprint density at radius 3 is 2.54 bits per heavy atom. The van der Waals surface area contributed by atoms with Crippen molar-refractivity contribution in [1.82, 2.24) is 10.4 Å². The normalized spacial score (nSPS) is 11.8. The standard InChI is InChI=1S/C22H21N3O3/c1-17(22(26)25-24-15-19-8-5-13-23-14-19)28-21-11-9-20(10-12-21)27-16-18-6-3-2-4-7-18/h2-15,17H,16H2,1H3,(H,25,26)/b24-15+. The maximum absolute atomic E-state index is 12.1. The summed E-state index contributed by atoms with van der Waals surface area (Å²) in [5, 5.41) is 3.91. The number of pyridine rings is 1. The number of ether oxygens (including phenoxy) is 2. The van der Waals surface area contributed by atoms with Gasteiger partial charge in [-0.25, -0.2) is 5.43 Å². The first-order chi connectivity index (χ1) is 13.7. The van der Waals surface area contributed by atoms with E-state index in [-0.39, 0.29) is 5.91 Å². The lowest BCUT2D eigenvalue weighted by Crippen LogP contribution is -2.33. The van der Waals surface area contributed by atoms with Crippen molar-refractivity contribution in [2.75, 3.05) is 0 Å². The predicted octanol–water partition coefficient (Wildman–Crippen LogP) is 3.58. The molecular formula is C22H21N3O3. The molecule has 28 heavy (non-hydrogen) atoms. The molecule has 1 atom stereocenters. The highest BCUT2D eigenvalue weighted by Gasteiger charge is 2.13. The maximum Gasteiger partial charge on any atom is 0.280 e. The molecule has 0 fully saturated rings. The van der Waals surface area contributed by atoms with Crippen molar-refractivity contribution in [3.05, 3.63) is 90.3 Å². The molecule has 2 aromatic carbocycles. The second-order valence-electron chi connectivity index (χ2n) is 6.03. The van der Waals surface area contributed by atoms with Gasteiger partial charge in [-0.3, -0.25) is 9.78 Å². The first-order valence-corrected chi connectivity index (χ1v) is 8.87. The molecule has 1 amide bonds. The molecule has 0 saturated carbocycles. The lowest BCUT2D eigenvalue weighted by Gasteiger charge is -2.13. The van der Waals surface area contributed by atoms with Gasteiger partial charge in [-0.05, 0) is 42.8 Å². The van der Waals surface area contributed by atoms with E-state index < -0.39 is 6.10 Å². The fraction of sp³-hybridized carbons (Fsp3) is 0.136. The van der Waals surface area contributed by atoms with Crippen molar-refractivity contribution < 1.29 is 14.3 Å². The van der Waals surface area contributed by atoms with Crippen molar-refractivity contribution in [1.29, 1.82) is 0 Å². The van der Waals surface area contributed by atoms with Crippen molar-refractivity contribution in [3.63, 3.8) is 0 Å². The summed E-state index contributed by atoms with van der Waals surface area (Å²) >= 11 is 0. The van der Waals surface area contributed by atoms with Gasteiger partial charge in [0, 0.05) is 18.0 Å². The lowest BCUT2D eigenvalue weighted by molar-refractivity contribution is -0.127. The molecule has 1 heterocycles. The van der Waals surface area contributed by atoms with Crippen LogP contribution in [0.1, 0.15) is 18.1 Å². The molecule has 142 valence electrons. The predicted molar refractivity (Wildman–Crippen MR) is 107 cm³/mol. The SMILES string of the molecule is CC(Oc1ccc(OCc2ccccc2)cc1)C(=O)N/N=C/c1cccnc1. The zero-order valence-electron chi connectivity index (χ0n) is 15.5. The third-order valence-electron chi connectivity index (χ3n) is 3.83. The van der Waals surface area contributed by atoms with Gasteiger partial charge in [-0.1, -0.05) is 36.4 Å². The van der Waals surface area contributed by atoms with E-state index in [4.69, 9.17) is 9.47 Å². The van der Waals surface area contributed by atoms with Gasteiger partial charge in [0.05, 0.1) is 6.21 Å². The van der Waals surface area contributed by atoms with Gasteiger partial charge in [-0.15, -0.1) is 0 Å². The van der Waals surface area contributed by atoms with Gasteiger partial charge in [0.25, 0.3) is 5.91 Å². The Bertz CT molecular complexity index is 897. The lowest BCUT2D eigenvalue weighted by atomic mass is 10.2. The van der Waals surface area contributed by atoms with Crippen LogP contribution < -0.4 is 14.9 Å². The summed E-state index contributed by atoms with van der Waals surface area (Å²) in [6, 6.07) is 20.7. The van der Waals surface area contributed by atoms with E-state index in [1.165, 1.54) is 6.21 Å². The molecule has 0 bridgehead atoms. The van der Waals surface area contributed by atoms with Crippen LogP contribution in [0.5, 0.6) is 11.5 Å². The fourth-order valence-electron chi connectivity index (χ4n) is 2.33. The highest BCUT2D eigenvalue weighted by Crippen LogP contribution is 2.19. The molecule has 3 aromatic rings. The van der Waals surface area contributed by atoms with Crippen LogP contribution in [0, 0.1) is 0 Å². The van der Waals surface area contributed by atoms with E-state index in [2.05, 4.69) is 15.5 Å². The molecule has 0 radical (unpaired) electrons. The van der Waals surface area contributed by atoms with Crippen LogP contribution in [0.2, 0.25) is 0 Å². The maximum atomic E-state index is 12.1. The van der Waals surface area contributed by atoms with E-state index in [9.17, 15) is 4.79 Å². The summed E-state index contributed by atoms with van der Waals surface area (Å²) in [6.07, 6.45) is 4.15. The highest BCUT2D eigenvalue weighted by molar-refractivity contribution is 5.84. The number of rotatable bonds is 8. The minimum absolute atomic E-state index is 0.343. The second kappa shape index (κ2) is 9.87. The number of aromatic nitrogens is 1. The summed E-state index contributed by atoms with van der Waals surface area (Å²) in [6.45, 7) is 2.16. The Morgan fingerprint density at radius 2 is 1.82 bits per heavy atom. The summed E-state index contributed by atoms with van der Waals surface area (Å²) in [5.41, 5.74) is 4.35. The number of nitrogens with one attached hydrogen (secondary N) is 1. The van der Waals surface area contributed by atoms with Crippen LogP contribution in [0.15, 0.2) is 84.2 Å². The molecule has 6 heteroatoms. The third kappa shape index (κ3) is 5.95. The van der Waals surface area contributed by atoms with Gasteiger partial charge in [-0.2, -0.15) is 5.10 Å². The number of nitrogens with zero attached hydrogens (tertiary/aromatic N) is 2. The molecular weight excluding hydrogens is 354 g/mol. The zero-order chi connectivity index (χ0) is 19.6. The minimum Gasteiger partial charge on any atom is -0.489 e. The Kier molecular flexibility index (Phi) is 6.73. The second-order valence-corrected chi connectivity index (χ2v) is 6.03. The average molecular weight is 375 g/mol. The van der Waals surface area contributed by atoms with Gasteiger partial charge >= 0.3 is 0 Å². The minimum atomic E-state index is -0.692. The van der Waals surface area contributed by atoms with Gasteiger partial charge < -0.3 is 9.47 Å². The van der Waals surface area contributed by atoms with Gasteiger partial charge in [0.15, 0.2) is 6.10 Å². The summed E-state index contributed by atoms with van der Waals surface area (Å²) in [4.78, 5) is 16.0. The van der Waals surface area contributed by atoms with Crippen molar-refractivity contribution in [3.8, 4) is 11.5 Å². The number of hydrogen-bond acceptors (Lipinski definition) is 5. The van der Waals surface area contributed by atoms with Crippen molar-refractivity contribution in [2.45, 2.75) is 19.6 Å². The molecule has 0 spiro atoms. The summed E-state index contributed by atoms with van der Waals surface area (Å²) in [5.74, 6) is 0.963. The highest BCUT2D eigenvalue weighted by atomic mass is 16.5. The largest absolute Gasteiger partial charge is 0.489 e. The third-order valence-corrected chi connectivity index (χ3v) is 3.83. The first kappa shape index (κ1) is 19.1. The van der Waals surface area contributed by atoms with E-state index in [0.29, 0.717) is 12.4 Å². The molecule has 1 unspecified atom stereocenters. The molecule has 0 saturated heterocycles. The fourth-order valence-corrected chi connectivity index (χ4v) is 2.33. The molecule has 0 aliphatic heterocycles. The number of benzene rings is 2. The van der Waals surface area contributed by atoms with E-state index in [1.807, 2.05) is 48.5 Å². The number of hydrogen-bond donors (Lipinski definition) is 1. The van der Waals surface area contributed by atoms with E-state index in [1.54, 1.807) is 37.5 Å². The average Bonchev–Trinajstić information content (AvgIpc) is 2.74. The topological polar surface area (TPSA) is 72.8 Å². The molecule has 3 rings (SSSR count). The zero-order valence-corrected chi connectivity index (χ0v) is 15.5. The number of carbonyl (C=O) groups is 1. The van der Waals surface area contributed by atoms with Crippen LogP contribution in [0.4, 0.5) is 0 Å². The number of amides is 1. The molecule has 1 N–H and O–H groups in total. The van der Waals surface area contributed by atoms with Gasteiger partial charge in [0.2, 0.25) is 0 Å². The van der Waals surface area contributed by atoms with Crippen LogP contribution in [-0.2, 0) is 11.4 Å². The summed E-state index contributed by atoms with van der Waals surface area (Å²) < 4.78 is 11.4. The van der Waals surface area contributed by atoms with Crippen molar-refractivity contribution in [2.24, 2.45) is 5.10 Å².